The number of methoxy groups -OCH3 is 1. The van der Waals surface area contributed by atoms with Crippen LogP contribution in [0.5, 0.6) is 11.5 Å². The van der Waals surface area contributed by atoms with Crippen molar-refractivity contribution in [1.82, 2.24) is 0 Å². The average molecular weight is 382 g/mol. The summed E-state index contributed by atoms with van der Waals surface area (Å²) < 4.78 is 16.8. The van der Waals surface area contributed by atoms with E-state index in [0.29, 0.717) is 0 Å². The summed E-state index contributed by atoms with van der Waals surface area (Å²) in [6.45, 7) is 5.33. The molecule has 148 valence electrons. The van der Waals surface area contributed by atoms with E-state index in [1.807, 2.05) is 37.3 Å². The van der Waals surface area contributed by atoms with E-state index >= 15 is 0 Å². The molecule has 0 bridgehead atoms. The second-order valence-electron chi connectivity index (χ2n) is 7.33. The molecule has 0 spiro atoms. The highest BCUT2D eigenvalue weighted by Gasteiger charge is 2.50. The monoisotopic (exact) mass is 382 g/mol. The van der Waals surface area contributed by atoms with Gasteiger partial charge >= 0.3 is 0 Å². The third-order valence-corrected chi connectivity index (χ3v) is 5.38. The van der Waals surface area contributed by atoms with Gasteiger partial charge in [-0.1, -0.05) is 0 Å². The Morgan fingerprint density at radius 2 is 1.82 bits per heavy atom. The third kappa shape index (κ3) is 3.98. The van der Waals surface area contributed by atoms with Crippen LogP contribution in [0.25, 0.3) is 0 Å². The zero-order valence-electron chi connectivity index (χ0n) is 16.4. The summed E-state index contributed by atoms with van der Waals surface area (Å²) in [6, 6.07) is 13.8. The number of aryl methyl sites for hydroxylation is 1. The van der Waals surface area contributed by atoms with E-state index in [0.717, 1.165) is 61.9 Å². The number of morpholine rings is 1. The van der Waals surface area contributed by atoms with Crippen molar-refractivity contribution in [1.29, 1.82) is 0 Å². The predicted octanol–water partition coefficient (Wildman–Crippen LogP) is 3.74. The fraction of sp³-hybridized carbons (Fsp3) is 0.409. The molecule has 2 fully saturated rings. The van der Waals surface area contributed by atoms with Crippen molar-refractivity contribution in [3.8, 4) is 11.5 Å². The van der Waals surface area contributed by atoms with Crippen LogP contribution in [0.2, 0.25) is 0 Å². The largest absolute Gasteiger partial charge is 0.457 e. The van der Waals surface area contributed by atoms with Gasteiger partial charge in [0.1, 0.15) is 17.1 Å². The first-order valence-corrected chi connectivity index (χ1v) is 9.67. The molecule has 4 rings (SSSR count). The lowest BCUT2D eigenvalue weighted by molar-refractivity contribution is -0.128. The molecule has 6 heteroatoms. The lowest BCUT2D eigenvalue weighted by atomic mass is 10.2. The molecule has 0 radical (unpaired) electrons. The smallest absolute Gasteiger partial charge is 0.256 e. The van der Waals surface area contributed by atoms with Crippen molar-refractivity contribution < 1.29 is 19.0 Å². The van der Waals surface area contributed by atoms with Gasteiger partial charge < -0.3 is 24.4 Å². The van der Waals surface area contributed by atoms with Gasteiger partial charge in [0.2, 0.25) is 0 Å². The minimum absolute atomic E-state index is 0.0817. The van der Waals surface area contributed by atoms with E-state index in [4.69, 9.17) is 14.2 Å². The zero-order valence-corrected chi connectivity index (χ0v) is 16.4. The third-order valence-electron chi connectivity index (χ3n) is 5.38. The zero-order chi connectivity index (χ0) is 19.6. The van der Waals surface area contributed by atoms with Crippen LogP contribution in [-0.2, 0) is 14.3 Å². The van der Waals surface area contributed by atoms with Crippen molar-refractivity contribution in [2.45, 2.75) is 25.4 Å². The van der Waals surface area contributed by atoms with E-state index < -0.39 is 5.60 Å². The summed E-state index contributed by atoms with van der Waals surface area (Å²) in [5.41, 5.74) is 2.25. The van der Waals surface area contributed by atoms with Gasteiger partial charge in [0.25, 0.3) is 5.91 Å². The molecule has 2 aliphatic rings. The first kappa shape index (κ1) is 18.8. The summed E-state index contributed by atoms with van der Waals surface area (Å²) >= 11 is 0. The Bertz CT molecular complexity index is 840. The molecule has 28 heavy (non-hydrogen) atoms. The van der Waals surface area contributed by atoms with Crippen LogP contribution < -0.4 is 15.0 Å². The van der Waals surface area contributed by atoms with Gasteiger partial charge in [-0.3, -0.25) is 4.79 Å². The normalized spacial score (nSPS) is 17.9. The van der Waals surface area contributed by atoms with Gasteiger partial charge in [-0.15, -0.1) is 0 Å². The Kier molecular flexibility index (Phi) is 5.24. The highest BCUT2D eigenvalue weighted by Crippen LogP contribution is 2.40. The maximum atomic E-state index is 12.3. The summed E-state index contributed by atoms with van der Waals surface area (Å²) in [4.78, 5) is 14.6. The minimum Gasteiger partial charge on any atom is -0.457 e. The Hall–Kier alpha value is -2.57. The molecule has 1 saturated heterocycles. The number of carbonyl (C=O) groups is 1. The lowest BCUT2D eigenvalue weighted by Gasteiger charge is -2.28. The van der Waals surface area contributed by atoms with E-state index in [-0.39, 0.29) is 5.91 Å². The highest BCUT2D eigenvalue weighted by molar-refractivity contribution is 5.99. The second kappa shape index (κ2) is 7.81. The van der Waals surface area contributed by atoms with E-state index in [1.54, 1.807) is 7.11 Å². The van der Waals surface area contributed by atoms with Gasteiger partial charge in [0.15, 0.2) is 0 Å². The molecule has 1 amide bonds. The predicted molar refractivity (Wildman–Crippen MR) is 108 cm³/mol. The number of anilines is 2. The van der Waals surface area contributed by atoms with Crippen molar-refractivity contribution in [2.24, 2.45) is 0 Å². The number of nitrogens with zero attached hydrogens (tertiary/aromatic N) is 1. The van der Waals surface area contributed by atoms with Crippen LogP contribution in [0.3, 0.4) is 0 Å². The summed E-state index contributed by atoms with van der Waals surface area (Å²) in [7, 11) is 1.58. The maximum absolute atomic E-state index is 12.3. The molecule has 0 aromatic heterocycles. The molecular formula is C22H26N2O4. The van der Waals surface area contributed by atoms with E-state index in [9.17, 15) is 4.79 Å². The molecule has 2 aromatic carbocycles. The fourth-order valence-electron chi connectivity index (χ4n) is 3.40. The molecule has 0 atom stereocenters. The lowest BCUT2D eigenvalue weighted by Crippen LogP contribution is -2.36. The number of benzene rings is 2. The number of nitrogens with one attached hydrogen (secondary N) is 1. The van der Waals surface area contributed by atoms with Crippen molar-refractivity contribution in [3.05, 3.63) is 48.0 Å². The summed E-state index contributed by atoms with van der Waals surface area (Å²) in [5.74, 6) is 1.47. The average Bonchev–Trinajstić information content (AvgIpc) is 3.53. The number of hydrogen-bond acceptors (Lipinski definition) is 5. The molecule has 1 aliphatic carbocycles. The summed E-state index contributed by atoms with van der Waals surface area (Å²) in [5, 5.41) is 2.94. The van der Waals surface area contributed by atoms with Crippen LogP contribution in [0, 0.1) is 6.92 Å². The van der Waals surface area contributed by atoms with Gasteiger partial charge in [-0.05, 0) is 67.8 Å². The maximum Gasteiger partial charge on any atom is 0.256 e. The van der Waals surface area contributed by atoms with Crippen LogP contribution >= 0.6 is 0 Å². The molecule has 1 heterocycles. The first-order chi connectivity index (χ1) is 13.6. The Labute approximate surface area is 165 Å². The topological polar surface area (TPSA) is 60.0 Å². The molecule has 1 N–H and O–H groups in total. The molecule has 0 unspecified atom stereocenters. The van der Waals surface area contributed by atoms with Crippen LogP contribution in [0.4, 0.5) is 11.4 Å². The summed E-state index contributed by atoms with van der Waals surface area (Å²) in [6.07, 6.45) is 1.55. The van der Waals surface area contributed by atoms with Crippen LogP contribution in [-0.4, -0.2) is 44.9 Å². The van der Waals surface area contributed by atoms with Gasteiger partial charge in [0.05, 0.1) is 13.2 Å². The Morgan fingerprint density at radius 3 is 2.43 bits per heavy atom. The molecule has 1 aliphatic heterocycles. The molecular weight excluding hydrogens is 356 g/mol. The Morgan fingerprint density at radius 1 is 1.11 bits per heavy atom. The molecule has 1 saturated carbocycles. The van der Waals surface area contributed by atoms with Crippen molar-refractivity contribution in [2.75, 3.05) is 43.6 Å². The van der Waals surface area contributed by atoms with Crippen molar-refractivity contribution in [3.63, 3.8) is 0 Å². The second-order valence-corrected chi connectivity index (χ2v) is 7.33. The quantitative estimate of drug-likeness (QED) is 0.825. The molecule has 2 aromatic rings. The standard InChI is InChI=1S/C22H26N2O4/c1-16-15-17(23-21(25)22(26-2)9-10-22)3-8-20(16)28-19-6-4-18(5-7-19)24-11-13-27-14-12-24/h3-8,15H,9-14H2,1-2H3,(H,23,25). The minimum atomic E-state index is -0.634. The van der Waals surface area contributed by atoms with Gasteiger partial charge in [0, 0.05) is 31.6 Å². The number of carbonyl (C=O) groups excluding carboxylic acids is 1. The van der Waals surface area contributed by atoms with E-state index in [2.05, 4.69) is 22.3 Å². The van der Waals surface area contributed by atoms with E-state index in [1.165, 1.54) is 5.69 Å². The first-order valence-electron chi connectivity index (χ1n) is 9.67. The number of rotatable bonds is 6. The molecule has 6 nitrogen and oxygen atoms in total. The van der Waals surface area contributed by atoms with Gasteiger partial charge in [-0.25, -0.2) is 0 Å². The van der Waals surface area contributed by atoms with Crippen LogP contribution in [0.1, 0.15) is 18.4 Å². The highest BCUT2D eigenvalue weighted by atomic mass is 16.5. The number of ether oxygens (including phenoxy) is 3. The fourth-order valence-corrected chi connectivity index (χ4v) is 3.40. The van der Waals surface area contributed by atoms with Crippen molar-refractivity contribution >= 4 is 17.3 Å². The number of amides is 1. The van der Waals surface area contributed by atoms with Crippen LogP contribution in [0.15, 0.2) is 42.5 Å². The number of hydrogen-bond donors (Lipinski definition) is 1. The Balaban J connectivity index is 1.40. The SMILES string of the molecule is COC1(C(=O)Nc2ccc(Oc3ccc(N4CCOCC4)cc3)c(C)c2)CC1. The van der Waals surface area contributed by atoms with Gasteiger partial charge in [-0.2, -0.15) is 0 Å².